The second kappa shape index (κ2) is 7.23. The van der Waals surface area contributed by atoms with Crippen LogP contribution in [0.2, 0.25) is 5.02 Å². The van der Waals surface area contributed by atoms with Gasteiger partial charge in [-0.25, -0.2) is 8.42 Å². The Balaban J connectivity index is 1.72. The van der Waals surface area contributed by atoms with Crippen LogP contribution in [0.1, 0.15) is 12.8 Å². The van der Waals surface area contributed by atoms with Crippen LogP contribution in [0, 0.1) is 5.92 Å². The van der Waals surface area contributed by atoms with Crippen molar-refractivity contribution in [1.82, 2.24) is 4.31 Å². The highest BCUT2D eigenvalue weighted by molar-refractivity contribution is 7.91. The number of halogens is 1. The van der Waals surface area contributed by atoms with Crippen molar-refractivity contribution in [2.75, 3.05) is 18.4 Å². The standard InChI is InChI=1S/C16H17ClN2O3S2/c17-13-6-1-2-7-14(13)18-16(20)12-5-3-9-19(11-12)24(21,22)15-8-4-10-23-15/h1-2,4,6-8,10,12H,3,5,9,11H2,(H,18,20). The lowest BCUT2D eigenvalue weighted by atomic mass is 9.99. The number of carbonyl (C=O) groups excluding carboxylic acids is 1. The SMILES string of the molecule is O=C(Nc1ccccc1Cl)C1CCCN(S(=O)(=O)c2cccs2)C1. The minimum absolute atomic E-state index is 0.191. The van der Waals surface area contributed by atoms with Crippen molar-refractivity contribution in [3.8, 4) is 0 Å². The van der Waals surface area contributed by atoms with Crippen LogP contribution >= 0.6 is 22.9 Å². The average Bonchev–Trinajstić information content (AvgIpc) is 3.12. The van der Waals surface area contributed by atoms with Crippen LogP contribution in [0.5, 0.6) is 0 Å². The van der Waals surface area contributed by atoms with E-state index in [1.807, 2.05) is 0 Å². The molecule has 1 unspecified atom stereocenters. The lowest BCUT2D eigenvalue weighted by Crippen LogP contribution is -2.43. The zero-order chi connectivity index (χ0) is 17.2. The monoisotopic (exact) mass is 384 g/mol. The lowest BCUT2D eigenvalue weighted by Gasteiger charge is -2.30. The Hall–Kier alpha value is -1.41. The molecular formula is C16H17ClN2O3S2. The third-order valence-electron chi connectivity index (χ3n) is 3.98. The highest BCUT2D eigenvalue weighted by atomic mass is 35.5. The Kier molecular flexibility index (Phi) is 5.24. The molecule has 0 aliphatic carbocycles. The summed E-state index contributed by atoms with van der Waals surface area (Å²) in [6, 6.07) is 10.3. The molecule has 1 aliphatic rings. The molecule has 8 heteroatoms. The number of sulfonamides is 1. The van der Waals surface area contributed by atoms with Crippen molar-refractivity contribution in [1.29, 1.82) is 0 Å². The number of thiophene rings is 1. The number of benzene rings is 1. The van der Waals surface area contributed by atoms with Crippen molar-refractivity contribution in [3.05, 3.63) is 46.8 Å². The Labute approximate surface area is 150 Å². The highest BCUT2D eigenvalue weighted by Crippen LogP contribution is 2.28. The van der Waals surface area contributed by atoms with Crippen LogP contribution < -0.4 is 5.32 Å². The minimum Gasteiger partial charge on any atom is -0.324 e. The molecule has 3 rings (SSSR count). The number of nitrogens with zero attached hydrogens (tertiary/aromatic N) is 1. The summed E-state index contributed by atoms with van der Waals surface area (Å²) >= 11 is 7.25. The van der Waals surface area contributed by atoms with Gasteiger partial charge in [0.1, 0.15) is 4.21 Å². The third-order valence-corrected chi connectivity index (χ3v) is 7.54. The summed E-state index contributed by atoms with van der Waals surface area (Å²) in [6.45, 7) is 0.632. The van der Waals surface area contributed by atoms with Crippen molar-refractivity contribution in [2.45, 2.75) is 17.1 Å². The van der Waals surface area contributed by atoms with E-state index in [2.05, 4.69) is 5.32 Å². The number of rotatable bonds is 4. The van der Waals surface area contributed by atoms with E-state index in [-0.39, 0.29) is 18.4 Å². The summed E-state index contributed by atoms with van der Waals surface area (Å²) in [6.07, 6.45) is 1.32. The van der Waals surface area contributed by atoms with Gasteiger partial charge in [-0.3, -0.25) is 4.79 Å². The van der Waals surface area contributed by atoms with E-state index in [1.165, 1.54) is 15.6 Å². The van der Waals surface area contributed by atoms with Gasteiger partial charge in [0.15, 0.2) is 0 Å². The van der Waals surface area contributed by atoms with E-state index in [9.17, 15) is 13.2 Å². The summed E-state index contributed by atoms with van der Waals surface area (Å²) in [7, 11) is -3.52. The van der Waals surface area contributed by atoms with Crippen molar-refractivity contribution < 1.29 is 13.2 Å². The van der Waals surface area contributed by atoms with Crippen LogP contribution in [-0.2, 0) is 14.8 Å². The van der Waals surface area contributed by atoms with E-state index >= 15 is 0 Å². The summed E-state index contributed by atoms with van der Waals surface area (Å²) in [5.74, 6) is -0.584. The van der Waals surface area contributed by atoms with E-state index in [4.69, 9.17) is 11.6 Å². The maximum Gasteiger partial charge on any atom is 0.252 e. The van der Waals surface area contributed by atoms with E-state index < -0.39 is 10.0 Å². The Bertz CT molecular complexity index is 822. The topological polar surface area (TPSA) is 66.5 Å². The first-order valence-electron chi connectivity index (χ1n) is 7.57. The lowest BCUT2D eigenvalue weighted by molar-refractivity contribution is -0.120. The largest absolute Gasteiger partial charge is 0.324 e. The fraction of sp³-hybridized carbons (Fsp3) is 0.312. The second-order valence-electron chi connectivity index (χ2n) is 5.60. The zero-order valence-electron chi connectivity index (χ0n) is 12.8. The van der Waals surface area contributed by atoms with Gasteiger partial charge in [0.25, 0.3) is 10.0 Å². The maximum absolute atomic E-state index is 12.6. The molecule has 0 radical (unpaired) electrons. The summed E-state index contributed by atoms with van der Waals surface area (Å²) in [5.41, 5.74) is 0.544. The molecule has 5 nitrogen and oxygen atoms in total. The number of anilines is 1. The zero-order valence-corrected chi connectivity index (χ0v) is 15.2. The van der Waals surface area contributed by atoms with Gasteiger partial charge in [0, 0.05) is 13.1 Å². The Morgan fingerprint density at radius 3 is 2.75 bits per heavy atom. The minimum atomic E-state index is -3.52. The number of nitrogens with one attached hydrogen (secondary N) is 1. The van der Waals surface area contributed by atoms with Crippen LogP contribution in [0.4, 0.5) is 5.69 Å². The van der Waals surface area contributed by atoms with Gasteiger partial charge in [-0.2, -0.15) is 4.31 Å². The van der Waals surface area contributed by atoms with Crippen LogP contribution in [0.15, 0.2) is 46.0 Å². The quantitative estimate of drug-likeness (QED) is 0.878. The van der Waals surface area contributed by atoms with Gasteiger partial charge in [-0.15, -0.1) is 11.3 Å². The molecule has 1 amide bonds. The Morgan fingerprint density at radius 1 is 1.25 bits per heavy atom. The van der Waals surface area contributed by atoms with Crippen LogP contribution in [-0.4, -0.2) is 31.7 Å². The van der Waals surface area contributed by atoms with Crippen LogP contribution in [0.25, 0.3) is 0 Å². The number of amides is 1. The molecule has 0 saturated carbocycles. The van der Waals surface area contributed by atoms with Crippen molar-refractivity contribution in [2.24, 2.45) is 5.92 Å². The molecule has 1 aliphatic heterocycles. The predicted molar refractivity (Wildman–Crippen MR) is 95.9 cm³/mol. The first-order valence-corrected chi connectivity index (χ1v) is 10.3. The fourth-order valence-corrected chi connectivity index (χ4v) is 5.56. The molecule has 1 saturated heterocycles. The molecule has 1 aromatic carbocycles. The normalized spacial score (nSPS) is 19.1. The smallest absolute Gasteiger partial charge is 0.252 e. The number of hydrogen-bond donors (Lipinski definition) is 1. The summed E-state index contributed by atoms with van der Waals surface area (Å²) < 4.78 is 26.9. The van der Waals surface area contributed by atoms with Gasteiger partial charge < -0.3 is 5.32 Å². The second-order valence-corrected chi connectivity index (χ2v) is 9.12. The first-order chi connectivity index (χ1) is 11.5. The molecule has 1 aromatic heterocycles. The number of carbonyl (C=O) groups is 1. The molecule has 0 spiro atoms. The van der Waals surface area contributed by atoms with E-state index in [0.29, 0.717) is 34.3 Å². The summed E-state index contributed by atoms with van der Waals surface area (Å²) in [5, 5.41) is 4.99. The van der Waals surface area contributed by atoms with Gasteiger partial charge in [-0.1, -0.05) is 29.8 Å². The molecule has 1 N–H and O–H groups in total. The number of hydrogen-bond acceptors (Lipinski definition) is 4. The molecule has 1 fully saturated rings. The molecule has 2 heterocycles. The number of piperidine rings is 1. The molecule has 0 bridgehead atoms. The predicted octanol–water partition coefficient (Wildman–Crippen LogP) is 3.44. The molecule has 128 valence electrons. The molecule has 24 heavy (non-hydrogen) atoms. The van der Waals surface area contributed by atoms with E-state index in [1.54, 1.807) is 41.8 Å². The summed E-state index contributed by atoms with van der Waals surface area (Å²) in [4.78, 5) is 12.5. The average molecular weight is 385 g/mol. The van der Waals surface area contributed by atoms with Crippen LogP contribution in [0.3, 0.4) is 0 Å². The highest BCUT2D eigenvalue weighted by Gasteiger charge is 2.33. The first kappa shape index (κ1) is 17.4. The molecular weight excluding hydrogens is 368 g/mol. The third kappa shape index (κ3) is 3.64. The Morgan fingerprint density at radius 2 is 2.04 bits per heavy atom. The van der Waals surface area contributed by atoms with E-state index in [0.717, 1.165) is 0 Å². The maximum atomic E-state index is 12.6. The van der Waals surface area contributed by atoms with Gasteiger partial charge in [-0.05, 0) is 36.4 Å². The van der Waals surface area contributed by atoms with Crippen molar-refractivity contribution >= 4 is 44.6 Å². The van der Waals surface area contributed by atoms with Gasteiger partial charge in [0.2, 0.25) is 5.91 Å². The van der Waals surface area contributed by atoms with Crippen molar-refractivity contribution in [3.63, 3.8) is 0 Å². The fourth-order valence-electron chi connectivity index (χ4n) is 2.71. The van der Waals surface area contributed by atoms with Gasteiger partial charge >= 0.3 is 0 Å². The molecule has 1 atom stereocenters. The van der Waals surface area contributed by atoms with Gasteiger partial charge in [0.05, 0.1) is 16.6 Å². The molecule has 2 aromatic rings. The number of para-hydroxylation sites is 1.